The molecule has 0 atom stereocenters. The number of amides is 2. The fourth-order valence-corrected chi connectivity index (χ4v) is 7.55. The Morgan fingerprint density at radius 3 is 2.67 bits per heavy atom. The van der Waals surface area contributed by atoms with Crippen molar-refractivity contribution in [3.8, 4) is 16.9 Å². The molecule has 9 nitrogen and oxygen atoms in total. The number of ether oxygens (including phenoxy) is 1. The van der Waals surface area contributed by atoms with E-state index in [0.29, 0.717) is 24.3 Å². The van der Waals surface area contributed by atoms with Crippen molar-refractivity contribution < 1.29 is 18.7 Å². The number of halogens is 1. The lowest BCUT2D eigenvalue weighted by Gasteiger charge is -2.28. The van der Waals surface area contributed by atoms with Gasteiger partial charge in [-0.1, -0.05) is 0 Å². The summed E-state index contributed by atoms with van der Waals surface area (Å²) in [6.45, 7) is 2.06. The topological polar surface area (TPSA) is 93.4 Å². The summed E-state index contributed by atoms with van der Waals surface area (Å²) in [6, 6.07) is 13.6. The van der Waals surface area contributed by atoms with Gasteiger partial charge in [0.05, 0.1) is 23.3 Å². The van der Waals surface area contributed by atoms with E-state index < -0.39 is 6.67 Å². The van der Waals surface area contributed by atoms with Crippen LogP contribution in [0.5, 0.6) is 5.75 Å². The van der Waals surface area contributed by atoms with E-state index in [4.69, 9.17) is 4.74 Å². The second-order valence-electron chi connectivity index (χ2n) is 12.2. The van der Waals surface area contributed by atoms with Gasteiger partial charge in [-0.3, -0.25) is 14.3 Å². The molecule has 0 bridgehead atoms. The maximum absolute atomic E-state index is 14.0. The summed E-state index contributed by atoms with van der Waals surface area (Å²) in [5.74, 6) is 0.188. The van der Waals surface area contributed by atoms with Gasteiger partial charge in [-0.05, 0) is 85.7 Å². The number of nitrogens with one attached hydrogen (secondary N) is 2. The Hall–Kier alpha value is -4.86. The number of hydrogen-bond acceptors (Lipinski definition) is 5. The van der Waals surface area contributed by atoms with Gasteiger partial charge >= 0.3 is 0 Å². The predicted molar refractivity (Wildman–Crippen MR) is 173 cm³/mol. The molecule has 0 spiro atoms. The maximum Gasteiger partial charge on any atom is 0.262 e. The monoisotopic (exact) mass is 606 g/mol. The minimum absolute atomic E-state index is 0.0979. The number of fused-ring (bicyclic) bond motifs is 10. The smallest absolute Gasteiger partial charge is 0.262 e. The van der Waals surface area contributed by atoms with E-state index in [2.05, 4.69) is 32.8 Å². The fourth-order valence-electron chi connectivity index (χ4n) is 7.55. The summed E-state index contributed by atoms with van der Waals surface area (Å²) in [6.07, 6.45) is 7.15. The molecular weight excluding hydrogens is 571 g/mol. The van der Waals surface area contributed by atoms with Crippen LogP contribution < -0.4 is 20.3 Å². The van der Waals surface area contributed by atoms with Crippen molar-refractivity contribution in [3.05, 3.63) is 71.0 Å². The molecule has 1 saturated heterocycles. The third-order valence-electron chi connectivity index (χ3n) is 9.47. The highest BCUT2D eigenvalue weighted by molar-refractivity contribution is 6.19. The minimum atomic E-state index is -0.516. The molecule has 4 heterocycles. The first-order valence-electron chi connectivity index (χ1n) is 15.8. The standard InChI is InChI=1S/C35H35FN6O3/c1-40-19-27-28(39-40)11-10-24-31(27)33-26(18-37-35(33)44)32-25-17-23(9-12-29(25)42(16-13-36)34(24)32)45-20-30(43)38-21-5-7-22(8-6-21)41-14-3-2-4-15-41/h5-9,12,17,19H,2-4,10-11,13-16,18,20H2,1H3,(H,37,44)(H,38,43). The fraction of sp³-hybridized carbons (Fsp3) is 0.343. The van der Waals surface area contributed by atoms with Gasteiger partial charge in [-0.15, -0.1) is 0 Å². The van der Waals surface area contributed by atoms with Crippen LogP contribution in [0.3, 0.4) is 0 Å². The quantitative estimate of drug-likeness (QED) is 0.255. The van der Waals surface area contributed by atoms with Crippen molar-refractivity contribution in [2.24, 2.45) is 7.05 Å². The van der Waals surface area contributed by atoms with Crippen molar-refractivity contribution in [1.82, 2.24) is 19.7 Å². The molecule has 2 amide bonds. The number of benzene rings is 3. The molecule has 3 aromatic carbocycles. The normalized spacial score (nSPS) is 15.6. The van der Waals surface area contributed by atoms with Crippen LogP contribution in [0.2, 0.25) is 0 Å². The Morgan fingerprint density at radius 1 is 1.04 bits per heavy atom. The zero-order valence-corrected chi connectivity index (χ0v) is 25.3. The summed E-state index contributed by atoms with van der Waals surface area (Å²) in [7, 11) is 1.89. The highest BCUT2D eigenvalue weighted by atomic mass is 19.1. The zero-order chi connectivity index (χ0) is 30.7. The molecule has 45 heavy (non-hydrogen) atoms. The summed E-state index contributed by atoms with van der Waals surface area (Å²) in [5.41, 5.74) is 9.26. The molecule has 3 aliphatic rings. The third kappa shape index (κ3) is 4.62. The number of rotatable bonds is 7. The van der Waals surface area contributed by atoms with E-state index in [-0.39, 0.29) is 25.0 Å². The summed E-state index contributed by atoms with van der Waals surface area (Å²) < 4.78 is 23.9. The number of hydrogen-bond donors (Lipinski definition) is 2. The van der Waals surface area contributed by atoms with Crippen molar-refractivity contribution in [3.63, 3.8) is 0 Å². The van der Waals surface area contributed by atoms with Crippen LogP contribution in [0.25, 0.3) is 32.9 Å². The summed E-state index contributed by atoms with van der Waals surface area (Å²) >= 11 is 0. The van der Waals surface area contributed by atoms with E-state index >= 15 is 0 Å². The predicted octanol–water partition coefficient (Wildman–Crippen LogP) is 5.51. The second kappa shape index (κ2) is 10.9. The van der Waals surface area contributed by atoms with Crippen molar-refractivity contribution in [2.75, 3.05) is 36.6 Å². The van der Waals surface area contributed by atoms with E-state index in [1.165, 1.54) is 24.9 Å². The lowest BCUT2D eigenvalue weighted by atomic mass is 9.82. The van der Waals surface area contributed by atoms with Gasteiger partial charge in [0.25, 0.3) is 11.8 Å². The first-order valence-corrected chi connectivity index (χ1v) is 15.8. The number of piperidine rings is 1. The van der Waals surface area contributed by atoms with Gasteiger partial charge in [-0.25, -0.2) is 4.39 Å². The number of nitrogens with zero attached hydrogens (tertiary/aromatic N) is 4. The zero-order valence-electron chi connectivity index (χ0n) is 25.3. The van der Waals surface area contributed by atoms with Gasteiger partial charge in [0.1, 0.15) is 12.4 Å². The Bertz CT molecular complexity index is 1990. The average molecular weight is 607 g/mol. The number of aryl methyl sites for hydroxylation is 4. The van der Waals surface area contributed by atoms with E-state index in [0.717, 1.165) is 75.0 Å². The molecule has 10 heteroatoms. The highest BCUT2D eigenvalue weighted by Crippen LogP contribution is 2.47. The Morgan fingerprint density at radius 2 is 1.87 bits per heavy atom. The molecule has 230 valence electrons. The van der Waals surface area contributed by atoms with Crippen molar-refractivity contribution >= 4 is 45.0 Å². The third-order valence-corrected chi connectivity index (χ3v) is 9.47. The van der Waals surface area contributed by atoms with Crippen molar-refractivity contribution in [2.45, 2.75) is 45.2 Å². The van der Waals surface area contributed by atoms with E-state index in [9.17, 15) is 14.0 Å². The van der Waals surface area contributed by atoms with Crippen LogP contribution in [0.4, 0.5) is 15.8 Å². The first kappa shape index (κ1) is 27.7. The van der Waals surface area contributed by atoms with E-state index in [1.807, 2.05) is 48.1 Å². The summed E-state index contributed by atoms with van der Waals surface area (Å²) in [5, 5.41) is 12.4. The molecule has 5 aromatic rings. The van der Waals surface area contributed by atoms with Crippen LogP contribution in [0.1, 0.15) is 46.4 Å². The molecule has 2 N–H and O–H groups in total. The van der Waals surface area contributed by atoms with Gasteiger partial charge < -0.3 is 24.8 Å². The molecular formula is C35H35FN6O3. The first-order chi connectivity index (χ1) is 22.0. The van der Waals surface area contributed by atoms with Crippen LogP contribution in [0, 0.1) is 0 Å². The molecule has 0 saturated carbocycles. The van der Waals surface area contributed by atoms with Crippen LogP contribution in [0.15, 0.2) is 48.7 Å². The number of carbonyl (C=O) groups is 2. The van der Waals surface area contributed by atoms with Crippen LogP contribution in [-0.4, -0.2) is 52.5 Å². The lowest BCUT2D eigenvalue weighted by molar-refractivity contribution is -0.118. The van der Waals surface area contributed by atoms with E-state index in [1.54, 1.807) is 4.68 Å². The molecule has 1 aliphatic carbocycles. The van der Waals surface area contributed by atoms with Gasteiger partial charge in [0, 0.05) is 71.7 Å². The molecule has 2 aliphatic heterocycles. The molecule has 2 aromatic heterocycles. The van der Waals surface area contributed by atoms with Gasteiger partial charge in [0.2, 0.25) is 0 Å². The maximum atomic E-state index is 14.0. The number of alkyl halides is 1. The summed E-state index contributed by atoms with van der Waals surface area (Å²) in [4.78, 5) is 28.5. The van der Waals surface area contributed by atoms with Crippen molar-refractivity contribution in [1.29, 1.82) is 0 Å². The Labute approximate surface area is 259 Å². The lowest BCUT2D eigenvalue weighted by Crippen LogP contribution is -2.29. The Balaban J connectivity index is 1.12. The largest absolute Gasteiger partial charge is 0.484 e. The number of anilines is 2. The second-order valence-corrected chi connectivity index (χ2v) is 12.2. The van der Waals surface area contributed by atoms with Crippen LogP contribution in [-0.2, 0) is 37.8 Å². The van der Waals surface area contributed by atoms with Crippen LogP contribution >= 0.6 is 0 Å². The molecule has 1 fully saturated rings. The number of carbonyl (C=O) groups excluding carboxylic acids is 2. The number of aromatic nitrogens is 3. The molecule has 8 rings (SSSR count). The molecule has 0 radical (unpaired) electrons. The Kier molecular flexibility index (Phi) is 6.73. The van der Waals surface area contributed by atoms with Gasteiger partial charge in [-0.2, -0.15) is 5.10 Å². The molecule has 0 unspecified atom stereocenters. The van der Waals surface area contributed by atoms with Gasteiger partial charge in [0.15, 0.2) is 6.61 Å². The minimum Gasteiger partial charge on any atom is -0.484 e. The SMILES string of the molecule is Cn1cc2c(n1)CCc1c-2c2c(c3c4cc(OCC(=O)Nc5ccc(N6CCCCC6)cc5)ccc4n(CCF)c13)CNC2=O. The average Bonchev–Trinajstić information content (AvgIpc) is 3.73. The highest BCUT2D eigenvalue weighted by Gasteiger charge is 2.35.